The lowest BCUT2D eigenvalue weighted by Crippen LogP contribution is -2.33. The van der Waals surface area contributed by atoms with Crippen LogP contribution in [-0.4, -0.2) is 47.7 Å². The van der Waals surface area contributed by atoms with Crippen LogP contribution in [0.2, 0.25) is 0 Å². The number of aromatic amines is 1. The normalized spacial score (nSPS) is 21.1. The zero-order chi connectivity index (χ0) is 13.2. The van der Waals surface area contributed by atoms with E-state index >= 15 is 0 Å². The molecule has 0 saturated carbocycles. The molecule has 0 amide bonds. The number of thioether (sulfide) groups is 2. The first-order chi connectivity index (χ1) is 8.50. The number of hydrogen-bond acceptors (Lipinski definition) is 5. The van der Waals surface area contributed by atoms with E-state index in [1.807, 2.05) is 23.5 Å². The van der Waals surface area contributed by atoms with Crippen molar-refractivity contribution in [3.8, 4) is 0 Å². The van der Waals surface area contributed by atoms with E-state index < -0.39 is 10.0 Å². The Morgan fingerprint density at radius 1 is 1.44 bits per heavy atom. The van der Waals surface area contributed by atoms with Gasteiger partial charge in [0.1, 0.15) is 4.90 Å². The van der Waals surface area contributed by atoms with Crippen LogP contribution in [0.15, 0.2) is 4.90 Å². The summed E-state index contributed by atoms with van der Waals surface area (Å²) in [5.41, 5.74) is 1.11. The molecule has 0 aliphatic carbocycles. The lowest BCUT2D eigenvalue weighted by atomic mass is 10.4. The zero-order valence-corrected chi connectivity index (χ0v) is 12.8. The van der Waals surface area contributed by atoms with E-state index in [2.05, 4.69) is 14.9 Å². The number of aromatic nitrogens is 2. The van der Waals surface area contributed by atoms with Crippen molar-refractivity contribution in [2.75, 3.05) is 23.8 Å². The second kappa shape index (κ2) is 5.85. The fraction of sp³-hybridized carbons (Fsp3) is 0.700. The van der Waals surface area contributed by atoms with E-state index in [-0.39, 0.29) is 4.90 Å². The molecule has 1 aromatic heterocycles. The summed E-state index contributed by atoms with van der Waals surface area (Å²) in [6.45, 7) is 3.91. The van der Waals surface area contributed by atoms with Gasteiger partial charge in [-0.15, -0.1) is 0 Å². The Balaban J connectivity index is 2.03. The molecule has 1 saturated heterocycles. The fourth-order valence-electron chi connectivity index (χ4n) is 1.87. The highest BCUT2D eigenvalue weighted by molar-refractivity contribution is 8.06. The van der Waals surface area contributed by atoms with Crippen LogP contribution in [0.1, 0.15) is 11.4 Å². The van der Waals surface area contributed by atoms with Gasteiger partial charge in [-0.05, 0) is 13.8 Å². The van der Waals surface area contributed by atoms with Gasteiger partial charge >= 0.3 is 0 Å². The first-order valence-corrected chi connectivity index (χ1v) is 9.40. The molecule has 1 unspecified atom stereocenters. The van der Waals surface area contributed by atoms with Gasteiger partial charge < -0.3 is 0 Å². The van der Waals surface area contributed by atoms with Crippen molar-refractivity contribution in [3.05, 3.63) is 11.4 Å². The van der Waals surface area contributed by atoms with Crippen LogP contribution >= 0.6 is 23.5 Å². The van der Waals surface area contributed by atoms with Gasteiger partial charge in [-0.2, -0.15) is 28.6 Å². The highest BCUT2D eigenvalue weighted by Gasteiger charge is 2.24. The number of hydrogen-bond donors (Lipinski definition) is 2. The summed E-state index contributed by atoms with van der Waals surface area (Å²) in [4.78, 5) is 0.288. The van der Waals surface area contributed by atoms with Gasteiger partial charge in [0.2, 0.25) is 10.0 Å². The van der Waals surface area contributed by atoms with Crippen molar-refractivity contribution in [2.24, 2.45) is 0 Å². The Hall–Kier alpha value is -0.180. The summed E-state index contributed by atoms with van der Waals surface area (Å²) in [5, 5.41) is 6.99. The highest BCUT2D eigenvalue weighted by Crippen LogP contribution is 2.24. The summed E-state index contributed by atoms with van der Waals surface area (Å²) in [7, 11) is -3.44. The summed E-state index contributed by atoms with van der Waals surface area (Å²) in [6, 6.07) is 0. The maximum Gasteiger partial charge on any atom is 0.244 e. The van der Waals surface area contributed by atoms with Gasteiger partial charge in [0.25, 0.3) is 0 Å². The molecule has 0 aromatic carbocycles. The van der Waals surface area contributed by atoms with Gasteiger partial charge in [-0.3, -0.25) is 5.10 Å². The van der Waals surface area contributed by atoms with E-state index in [1.165, 1.54) is 0 Å². The molecule has 1 aliphatic heterocycles. The molecule has 2 N–H and O–H groups in total. The zero-order valence-electron chi connectivity index (χ0n) is 10.4. The average molecular weight is 307 g/mol. The Morgan fingerprint density at radius 3 is 2.78 bits per heavy atom. The van der Waals surface area contributed by atoms with Crippen molar-refractivity contribution in [1.82, 2.24) is 14.9 Å². The van der Waals surface area contributed by atoms with Crippen molar-refractivity contribution in [3.63, 3.8) is 0 Å². The van der Waals surface area contributed by atoms with Crippen LogP contribution in [0.4, 0.5) is 0 Å². The summed E-state index contributed by atoms with van der Waals surface area (Å²) >= 11 is 3.72. The van der Waals surface area contributed by atoms with Crippen molar-refractivity contribution < 1.29 is 8.42 Å². The first kappa shape index (κ1) is 14.2. The average Bonchev–Trinajstić information content (AvgIpc) is 2.69. The molecular weight excluding hydrogens is 290 g/mol. The smallest absolute Gasteiger partial charge is 0.244 e. The molecule has 102 valence electrons. The minimum absolute atomic E-state index is 0.288. The standard InChI is InChI=1S/C10H17N3O2S3/c1-7-10(8(2)13-12-7)18(14,15)11-5-9-6-16-3-4-17-9/h9,11H,3-6H2,1-2H3,(H,12,13). The van der Waals surface area contributed by atoms with Gasteiger partial charge in [0.15, 0.2) is 0 Å². The fourth-order valence-corrected chi connectivity index (χ4v) is 6.03. The molecule has 5 nitrogen and oxygen atoms in total. The number of nitrogens with one attached hydrogen (secondary N) is 2. The topological polar surface area (TPSA) is 74.8 Å². The molecule has 8 heteroatoms. The minimum atomic E-state index is -3.44. The third-order valence-electron chi connectivity index (χ3n) is 2.72. The third-order valence-corrected chi connectivity index (χ3v) is 7.25. The molecule has 1 atom stereocenters. The molecular formula is C10H17N3O2S3. The summed E-state index contributed by atoms with van der Waals surface area (Å²) in [6.07, 6.45) is 0. The summed E-state index contributed by atoms with van der Waals surface area (Å²) < 4.78 is 27.1. The van der Waals surface area contributed by atoms with Gasteiger partial charge in [0, 0.05) is 29.1 Å². The number of rotatable bonds is 4. The molecule has 1 fully saturated rings. The first-order valence-electron chi connectivity index (χ1n) is 5.71. The summed E-state index contributed by atoms with van der Waals surface area (Å²) in [5.74, 6) is 3.27. The molecule has 0 spiro atoms. The van der Waals surface area contributed by atoms with E-state index in [0.717, 1.165) is 17.3 Å². The van der Waals surface area contributed by atoms with E-state index in [4.69, 9.17) is 0 Å². The van der Waals surface area contributed by atoms with E-state index in [9.17, 15) is 8.42 Å². The number of nitrogens with zero attached hydrogens (tertiary/aromatic N) is 1. The van der Waals surface area contributed by atoms with Crippen molar-refractivity contribution in [2.45, 2.75) is 24.0 Å². The van der Waals surface area contributed by atoms with Gasteiger partial charge in [0.05, 0.1) is 11.4 Å². The molecule has 0 bridgehead atoms. The van der Waals surface area contributed by atoms with Crippen LogP contribution < -0.4 is 4.72 Å². The Bertz CT molecular complexity index is 487. The predicted octanol–water partition coefficient (Wildman–Crippen LogP) is 1.15. The Kier molecular flexibility index (Phi) is 4.63. The van der Waals surface area contributed by atoms with Gasteiger partial charge in [-0.25, -0.2) is 13.1 Å². The van der Waals surface area contributed by atoms with Crippen LogP contribution in [0, 0.1) is 13.8 Å². The molecule has 0 radical (unpaired) electrons. The van der Waals surface area contributed by atoms with Crippen LogP contribution in [0.3, 0.4) is 0 Å². The third kappa shape index (κ3) is 3.23. The van der Waals surface area contributed by atoms with E-state index in [0.29, 0.717) is 23.2 Å². The molecule has 1 aliphatic rings. The lowest BCUT2D eigenvalue weighted by molar-refractivity contribution is 0.580. The molecule has 18 heavy (non-hydrogen) atoms. The quantitative estimate of drug-likeness (QED) is 0.873. The predicted molar refractivity (Wildman–Crippen MR) is 76.8 cm³/mol. The number of H-pyrrole nitrogens is 1. The highest BCUT2D eigenvalue weighted by atomic mass is 32.2. The SMILES string of the molecule is Cc1n[nH]c(C)c1S(=O)(=O)NCC1CSCCS1. The van der Waals surface area contributed by atoms with Crippen molar-refractivity contribution >= 4 is 33.5 Å². The largest absolute Gasteiger partial charge is 0.281 e. The minimum Gasteiger partial charge on any atom is -0.281 e. The molecule has 2 heterocycles. The van der Waals surface area contributed by atoms with Crippen molar-refractivity contribution in [1.29, 1.82) is 0 Å². The Labute approximate surface area is 116 Å². The number of sulfonamides is 1. The maximum atomic E-state index is 12.2. The lowest BCUT2D eigenvalue weighted by Gasteiger charge is -2.21. The molecule has 1 aromatic rings. The van der Waals surface area contributed by atoms with Crippen LogP contribution in [0.25, 0.3) is 0 Å². The van der Waals surface area contributed by atoms with E-state index in [1.54, 1.807) is 13.8 Å². The maximum absolute atomic E-state index is 12.2. The second-order valence-corrected chi connectivity index (χ2v) is 8.44. The number of aryl methyl sites for hydroxylation is 2. The monoisotopic (exact) mass is 307 g/mol. The Morgan fingerprint density at radius 2 is 2.22 bits per heavy atom. The van der Waals surface area contributed by atoms with Crippen LogP contribution in [0.5, 0.6) is 0 Å². The second-order valence-electron chi connectivity index (χ2n) is 4.18. The van der Waals surface area contributed by atoms with Gasteiger partial charge in [-0.1, -0.05) is 0 Å². The molecule has 2 rings (SSSR count). The van der Waals surface area contributed by atoms with Crippen LogP contribution in [-0.2, 0) is 10.0 Å².